The van der Waals surface area contributed by atoms with Crippen LogP contribution in [-0.4, -0.2) is 30.3 Å². The first-order valence-corrected chi connectivity index (χ1v) is 7.03. The van der Waals surface area contributed by atoms with Gasteiger partial charge in [-0.25, -0.2) is 0 Å². The molecule has 0 aliphatic carbocycles. The quantitative estimate of drug-likeness (QED) is 0.733. The number of hydrogen-bond donors (Lipinski definition) is 0. The molecule has 1 aromatic heterocycles. The van der Waals surface area contributed by atoms with E-state index in [0.29, 0.717) is 12.2 Å². The van der Waals surface area contributed by atoms with Crippen LogP contribution >= 0.6 is 11.3 Å². The lowest BCUT2D eigenvalue weighted by Gasteiger charge is -2.26. The van der Waals surface area contributed by atoms with Gasteiger partial charge in [-0.2, -0.15) is 0 Å². The molecule has 1 aliphatic heterocycles. The Balaban J connectivity index is 1.66. The molecule has 16 heavy (non-hydrogen) atoms. The van der Waals surface area contributed by atoms with Gasteiger partial charge in [0.05, 0.1) is 4.88 Å². The summed E-state index contributed by atoms with van der Waals surface area (Å²) in [6, 6.07) is 3.87. The number of rotatable bonds is 5. The maximum Gasteiger partial charge on any atom is 0.172 e. The monoisotopic (exact) mass is 237 g/mol. The molecule has 0 unspecified atom stereocenters. The Morgan fingerprint density at radius 2 is 2.12 bits per heavy atom. The highest BCUT2D eigenvalue weighted by Crippen LogP contribution is 2.14. The minimum atomic E-state index is 0.312. The van der Waals surface area contributed by atoms with E-state index in [1.54, 1.807) is 11.3 Å². The zero-order valence-corrected chi connectivity index (χ0v) is 10.5. The van der Waals surface area contributed by atoms with Crippen LogP contribution in [-0.2, 0) is 0 Å². The van der Waals surface area contributed by atoms with Gasteiger partial charge in [-0.15, -0.1) is 11.3 Å². The summed E-state index contributed by atoms with van der Waals surface area (Å²) in [5.41, 5.74) is 0. The second-order valence-electron chi connectivity index (χ2n) is 4.41. The molecule has 2 rings (SSSR count). The van der Waals surface area contributed by atoms with Crippen LogP contribution in [0.2, 0.25) is 0 Å². The van der Waals surface area contributed by atoms with Crippen LogP contribution < -0.4 is 0 Å². The molecule has 0 N–H and O–H groups in total. The van der Waals surface area contributed by atoms with Gasteiger partial charge >= 0.3 is 0 Å². The number of carbonyl (C=O) groups excluding carboxylic acids is 1. The maximum atomic E-state index is 11.7. The lowest BCUT2D eigenvalue weighted by atomic mass is 10.1. The van der Waals surface area contributed by atoms with Crippen molar-refractivity contribution in [2.45, 2.75) is 32.1 Å². The molecule has 0 spiro atoms. The highest BCUT2D eigenvalue weighted by atomic mass is 32.1. The summed E-state index contributed by atoms with van der Waals surface area (Å²) >= 11 is 1.55. The zero-order valence-electron chi connectivity index (χ0n) is 9.65. The SMILES string of the molecule is O=C(CCCN1CCCCC1)c1cccs1. The number of thiophene rings is 1. The van der Waals surface area contributed by atoms with E-state index < -0.39 is 0 Å². The Kier molecular flexibility index (Phi) is 4.55. The van der Waals surface area contributed by atoms with E-state index >= 15 is 0 Å². The molecule has 0 aromatic carbocycles. The van der Waals surface area contributed by atoms with Crippen molar-refractivity contribution in [2.75, 3.05) is 19.6 Å². The molecule has 0 atom stereocenters. The highest BCUT2D eigenvalue weighted by molar-refractivity contribution is 7.12. The van der Waals surface area contributed by atoms with Crippen molar-refractivity contribution in [1.82, 2.24) is 4.90 Å². The van der Waals surface area contributed by atoms with Gasteiger partial charge in [0, 0.05) is 6.42 Å². The van der Waals surface area contributed by atoms with Gasteiger partial charge < -0.3 is 4.90 Å². The van der Waals surface area contributed by atoms with Gasteiger partial charge in [-0.1, -0.05) is 12.5 Å². The second-order valence-corrected chi connectivity index (χ2v) is 5.35. The molecule has 1 aliphatic rings. The van der Waals surface area contributed by atoms with Crippen LogP contribution in [0, 0.1) is 0 Å². The largest absolute Gasteiger partial charge is 0.303 e. The minimum Gasteiger partial charge on any atom is -0.303 e. The number of hydrogen-bond acceptors (Lipinski definition) is 3. The van der Waals surface area contributed by atoms with Crippen LogP contribution in [0.25, 0.3) is 0 Å². The molecule has 0 saturated carbocycles. The average Bonchev–Trinajstić information content (AvgIpc) is 2.84. The van der Waals surface area contributed by atoms with Crippen molar-refractivity contribution in [1.29, 1.82) is 0 Å². The fourth-order valence-electron chi connectivity index (χ4n) is 2.21. The van der Waals surface area contributed by atoms with Crippen molar-refractivity contribution in [3.63, 3.8) is 0 Å². The molecule has 2 nitrogen and oxygen atoms in total. The van der Waals surface area contributed by atoms with E-state index in [-0.39, 0.29) is 0 Å². The molecule has 0 amide bonds. The predicted molar refractivity (Wildman–Crippen MR) is 68.2 cm³/mol. The van der Waals surface area contributed by atoms with Gasteiger partial charge in [0.25, 0.3) is 0 Å². The van der Waals surface area contributed by atoms with E-state index in [0.717, 1.165) is 17.8 Å². The van der Waals surface area contributed by atoms with Crippen LogP contribution in [0.15, 0.2) is 17.5 Å². The molecular formula is C13H19NOS. The molecule has 1 saturated heterocycles. The van der Waals surface area contributed by atoms with Gasteiger partial charge in [0.1, 0.15) is 0 Å². The number of Topliss-reactive ketones (excluding diaryl/α,β-unsaturated/α-hetero) is 1. The summed E-state index contributed by atoms with van der Waals surface area (Å²) in [4.78, 5) is 15.1. The molecule has 3 heteroatoms. The Bertz CT molecular complexity index is 315. The van der Waals surface area contributed by atoms with Gasteiger partial charge in [-0.05, 0) is 50.3 Å². The Hall–Kier alpha value is -0.670. The minimum absolute atomic E-state index is 0.312. The van der Waals surface area contributed by atoms with Crippen LogP contribution in [0.1, 0.15) is 41.8 Å². The van der Waals surface area contributed by atoms with Crippen molar-refractivity contribution in [3.05, 3.63) is 22.4 Å². The number of likely N-dealkylation sites (tertiary alicyclic amines) is 1. The molecule has 1 aromatic rings. The van der Waals surface area contributed by atoms with Crippen molar-refractivity contribution in [3.8, 4) is 0 Å². The first-order chi connectivity index (χ1) is 7.86. The smallest absolute Gasteiger partial charge is 0.172 e. The van der Waals surface area contributed by atoms with E-state index in [9.17, 15) is 4.79 Å². The third-order valence-corrected chi connectivity index (χ3v) is 4.03. The molecule has 0 radical (unpaired) electrons. The van der Waals surface area contributed by atoms with E-state index in [2.05, 4.69) is 4.90 Å². The molecule has 88 valence electrons. The summed E-state index contributed by atoms with van der Waals surface area (Å²) in [7, 11) is 0. The van der Waals surface area contributed by atoms with Crippen LogP contribution in [0.3, 0.4) is 0 Å². The number of carbonyl (C=O) groups is 1. The summed E-state index contributed by atoms with van der Waals surface area (Å²) in [6.45, 7) is 3.55. The predicted octanol–water partition coefficient (Wildman–Crippen LogP) is 3.20. The first-order valence-electron chi connectivity index (χ1n) is 6.15. The van der Waals surface area contributed by atoms with E-state index in [1.165, 1.54) is 32.4 Å². The van der Waals surface area contributed by atoms with E-state index in [4.69, 9.17) is 0 Å². The fraction of sp³-hybridized carbons (Fsp3) is 0.615. The summed E-state index contributed by atoms with van der Waals surface area (Å²) in [5.74, 6) is 0.312. The third-order valence-electron chi connectivity index (χ3n) is 3.12. The third kappa shape index (κ3) is 3.42. The number of ketones is 1. The van der Waals surface area contributed by atoms with Crippen molar-refractivity contribution < 1.29 is 4.79 Å². The topological polar surface area (TPSA) is 20.3 Å². The standard InChI is InChI=1S/C13H19NOS/c15-12(13-7-5-11-16-13)6-4-10-14-8-2-1-3-9-14/h5,7,11H,1-4,6,8-10H2. The Labute approximate surface area is 101 Å². The summed E-state index contributed by atoms with van der Waals surface area (Å²) < 4.78 is 0. The van der Waals surface area contributed by atoms with Gasteiger partial charge in [0.2, 0.25) is 0 Å². The van der Waals surface area contributed by atoms with Crippen LogP contribution in [0.5, 0.6) is 0 Å². The van der Waals surface area contributed by atoms with Crippen molar-refractivity contribution in [2.24, 2.45) is 0 Å². The maximum absolute atomic E-state index is 11.7. The number of nitrogens with zero attached hydrogens (tertiary/aromatic N) is 1. The first kappa shape index (κ1) is 11.8. The van der Waals surface area contributed by atoms with Gasteiger partial charge in [-0.3, -0.25) is 4.79 Å². The Morgan fingerprint density at radius 3 is 2.81 bits per heavy atom. The van der Waals surface area contributed by atoms with Crippen LogP contribution in [0.4, 0.5) is 0 Å². The normalized spacial score (nSPS) is 17.5. The average molecular weight is 237 g/mol. The second kappa shape index (κ2) is 6.16. The fourth-order valence-corrected chi connectivity index (χ4v) is 2.90. The molecule has 2 heterocycles. The van der Waals surface area contributed by atoms with E-state index in [1.807, 2.05) is 17.5 Å². The Morgan fingerprint density at radius 1 is 1.31 bits per heavy atom. The lowest BCUT2D eigenvalue weighted by Crippen LogP contribution is -2.30. The molecule has 1 fully saturated rings. The summed E-state index contributed by atoms with van der Waals surface area (Å²) in [6.07, 6.45) is 5.76. The van der Waals surface area contributed by atoms with Gasteiger partial charge in [0.15, 0.2) is 5.78 Å². The highest BCUT2D eigenvalue weighted by Gasteiger charge is 2.11. The summed E-state index contributed by atoms with van der Waals surface area (Å²) in [5, 5.41) is 1.97. The molecule has 0 bridgehead atoms. The lowest BCUT2D eigenvalue weighted by molar-refractivity contribution is 0.0977. The number of piperidine rings is 1. The van der Waals surface area contributed by atoms with Crippen molar-refractivity contribution >= 4 is 17.1 Å². The zero-order chi connectivity index (χ0) is 11.2. The molecular weight excluding hydrogens is 218 g/mol.